The smallest absolute Gasteiger partial charge is 0.239 e. The highest BCUT2D eigenvalue weighted by atomic mass is 35.5. The van der Waals surface area contributed by atoms with Crippen LogP contribution in [0.2, 0.25) is 0 Å². The fraction of sp³-hybridized carbons (Fsp3) is 0.833. The molecular formula is C12H26ClN3O2. The third-order valence-electron chi connectivity index (χ3n) is 2.64. The summed E-state index contributed by atoms with van der Waals surface area (Å²) in [5, 5.41) is 2.77. The molecule has 0 saturated carbocycles. The summed E-state index contributed by atoms with van der Waals surface area (Å²) < 4.78 is 0. The average molecular weight is 280 g/mol. The van der Waals surface area contributed by atoms with Crippen molar-refractivity contribution in [2.75, 3.05) is 20.6 Å². The van der Waals surface area contributed by atoms with Crippen LogP contribution in [-0.2, 0) is 9.59 Å². The summed E-state index contributed by atoms with van der Waals surface area (Å²) in [6.45, 7) is 4.22. The number of carbonyl (C=O) groups excluding carboxylic acids is 2. The van der Waals surface area contributed by atoms with E-state index in [0.29, 0.717) is 25.8 Å². The molecule has 18 heavy (non-hydrogen) atoms. The number of hydrogen-bond acceptors (Lipinski definition) is 3. The van der Waals surface area contributed by atoms with Crippen LogP contribution in [0.5, 0.6) is 0 Å². The minimum Gasteiger partial charge on any atom is -0.354 e. The van der Waals surface area contributed by atoms with Crippen molar-refractivity contribution in [3.05, 3.63) is 0 Å². The maximum Gasteiger partial charge on any atom is 0.239 e. The molecule has 5 nitrogen and oxygen atoms in total. The number of rotatable bonds is 7. The van der Waals surface area contributed by atoms with Crippen LogP contribution in [0.3, 0.4) is 0 Å². The minimum atomic E-state index is -0.805. The molecule has 0 bridgehead atoms. The van der Waals surface area contributed by atoms with Crippen LogP contribution in [0.15, 0.2) is 0 Å². The quantitative estimate of drug-likeness (QED) is 0.680. The van der Waals surface area contributed by atoms with Gasteiger partial charge in [0.2, 0.25) is 11.8 Å². The van der Waals surface area contributed by atoms with E-state index in [4.69, 9.17) is 5.73 Å². The van der Waals surface area contributed by atoms with Crippen molar-refractivity contribution < 1.29 is 9.59 Å². The van der Waals surface area contributed by atoms with Gasteiger partial charge in [-0.15, -0.1) is 12.4 Å². The first kappa shape index (κ1) is 19.5. The van der Waals surface area contributed by atoms with E-state index in [1.807, 2.05) is 6.92 Å². The van der Waals surface area contributed by atoms with Crippen molar-refractivity contribution in [1.29, 1.82) is 0 Å². The van der Waals surface area contributed by atoms with E-state index in [0.717, 1.165) is 6.42 Å². The van der Waals surface area contributed by atoms with Gasteiger partial charge in [0.15, 0.2) is 0 Å². The lowest BCUT2D eigenvalue weighted by Crippen LogP contribution is -2.51. The van der Waals surface area contributed by atoms with Gasteiger partial charge in [-0.1, -0.05) is 13.3 Å². The third kappa shape index (κ3) is 7.50. The van der Waals surface area contributed by atoms with E-state index in [2.05, 4.69) is 5.32 Å². The lowest BCUT2D eigenvalue weighted by atomic mass is 9.96. The molecule has 0 saturated heterocycles. The normalized spacial score (nSPS) is 13.2. The Morgan fingerprint density at radius 2 is 1.89 bits per heavy atom. The number of nitrogens with one attached hydrogen (secondary N) is 1. The first-order chi connectivity index (χ1) is 7.81. The Balaban J connectivity index is 0. The number of nitrogens with two attached hydrogens (primary N) is 1. The fourth-order valence-corrected chi connectivity index (χ4v) is 1.50. The van der Waals surface area contributed by atoms with Crippen molar-refractivity contribution in [3.63, 3.8) is 0 Å². The summed E-state index contributed by atoms with van der Waals surface area (Å²) in [7, 11) is 3.44. The standard InChI is InChI=1S/C12H25N3O2.ClH/c1-5-8-12(2,13)11(17)14-9-6-7-10(16)15(3)4;/h5-9,13H2,1-4H3,(H,14,17);1H. The lowest BCUT2D eigenvalue weighted by Gasteiger charge is -2.22. The molecular weight excluding hydrogens is 254 g/mol. The summed E-state index contributed by atoms with van der Waals surface area (Å²) in [6, 6.07) is 0. The van der Waals surface area contributed by atoms with Gasteiger partial charge in [-0.3, -0.25) is 9.59 Å². The van der Waals surface area contributed by atoms with Gasteiger partial charge in [0.1, 0.15) is 0 Å². The Kier molecular flexibility index (Phi) is 9.94. The minimum absolute atomic E-state index is 0. The molecule has 0 fully saturated rings. The molecule has 0 heterocycles. The molecule has 0 aliphatic heterocycles. The average Bonchev–Trinajstić information content (AvgIpc) is 2.23. The topological polar surface area (TPSA) is 75.4 Å². The highest BCUT2D eigenvalue weighted by Gasteiger charge is 2.26. The molecule has 0 aromatic heterocycles. The van der Waals surface area contributed by atoms with E-state index >= 15 is 0 Å². The highest BCUT2D eigenvalue weighted by Crippen LogP contribution is 2.08. The zero-order valence-corrected chi connectivity index (χ0v) is 12.6. The number of hydrogen-bond donors (Lipinski definition) is 2. The van der Waals surface area contributed by atoms with Gasteiger partial charge in [-0.2, -0.15) is 0 Å². The molecule has 3 N–H and O–H groups in total. The predicted octanol–water partition coefficient (Wildman–Crippen LogP) is 0.910. The highest BCUT2D eigenvalue weighted by molar-refractivity contribution is 5.85. The van der Waals surface area contributed by atoms with Gasteiger partial charge in [-0.25, -0.2) is 0 Å². The van der Waals surface area contributed by atoms with Gasteiger partial charge in [0, 0.05) is 27.1 Å². The largest absolute Gasteiger partial charge is 0.354 e. The van der Waals surface area contributed by atoms with Crippen LogP contribution >= 0.6 is 12.4 Å². The molecule has 0 aliphatic rings. The maximum absolute atomic E-state index is 11.7. The Morgan fingerprint density at radius 1 is 1.33 bits per heavy atom. The molecule has 1 atom stereocenters. The second-order valence-electron chi connectivity index (χ2n) is 4.82. The molecule has 0 radical (unpaired) electrons. The predicted molar refractivity (Wildman–Crippen MR) is 75.7 cm³/mol. The summed E-state index contributed by atoms with van der Waals surface area (Å²) in [4.78, 5) is 24.5. The Morgan fingerprint density at radius 3 is 2.33 bits per heavy atom. The Bertz CT molecular complexity index is 268. The van der Waals surface area contributed by atoms with E-state index in [1.54, 1.807) is 25.9 Å². The Hall–Kier alpha value is -0.810. The first-order valence-electron chi connectivity index (χ1n) is 6.08. The summed E-state index contributed by atoms with van der Waals surface area (Å²) in [5.41, 5.74) is 5.07. The number of nitrogens with zero attached hydrogens (tertiary/aromatic N) is 1. The van der Waals surface area contributed by atoms with Crippen molar-refractivity contribution in [3.8, 4) is 0 Å². The lowest BCUT2D eigenvalue weighted by molar-refractivity contribution is -0.129. The van der Waals surface area contributed by atoms with Crippen molar-refractivity contribution >= 4 is 24.2 Å². The maximum atomic E-state index is 11.7. The first-order valence-corrected chi connectivity index (χ1v) is 6.08. The summed E-state index contributed by atoms with van der Waals surface area (Å²) in [5.74, 6) is -0.0695. The van der Waals surface area contributed by atoms with E-state index in [-0.39, 0.29) is 24.2 Å². The molecule has 2 amide bonds. The molecule has 108 valence electrons. The molecule has 1 unspecified atom stereocenters. The second kappa shape index (κ2) is 9.16. The van der Waals surface area contributed by atoms with Crippen LogP contribution in [0, 0.1) is 0 Å². The van der Waals surface area contributed by atoms with Gasteiger partial charge < -0.3 is 16.0 Å². The number of halogens is 1. The summed E-state index contributed by atoms with van der Waals surface area (Å²) in [6.07, 6.45) is 2.63. The van der Waals surface area contributed by atoms with Crippen LogP contribution in [0.4, 0.5) is 0 Å². The molecule has 0 aliphatic carbocycles. The van der Waals surface area contributed by atoms with E-state index in [1.165, 1.54) is 0 Å². The monoisotopic (exact) mass is 279 g/mol. The zero-order chi connectivity index (χ0) is 13.5. The van der Waals surface area contributed by atoms with Gasteiger partial charge >= 0.3 is 0 Å². The molecule has 0 aromatic rings. The van der Waals surface area contributed by atoms with Crippen molar-refractivity contribution in [2.24, 2.45) is 5.73 Å². The summed E-state index contributed by atoms with van der Waals surface area (Å²) >= 11 is 0. The van der Waals surface area contributed by atoms with Crippen molar-refractivity contribution in [1.82, 2.24) is 10.2 Å². The third-order valence-corrected chi connectivity index (χ3v) is 2.64. The van der Waals surface area contributed by atoms with Crippen molar-refractivity contribution in [2.45, 2.75) is 45.1 Å². The number of amides is 2. The second-order valence-corrected chi connectivity index (χ2v) is 4.82. The Labute approximate surface area is 116 Å². The van der Waals surface area contributed by atoms with Crippen LogP contribution < -0.4 is 11.1 Å². The van der Waals surface area contributed by atoms with E-state index < -0.39 is 5.54 Å². The molecule has 0 rings (SSSR count). The van der Waals surface area contributed by atoms with E-state index in [9.17, 15) is 9.59 Å². The molecule has 6 heteroatoms. The van der Waals surface area contributed by atoms with Gasteiger partial charge in [0.25, 0.3) is 0 Å². The van der Waals surface area contributed by atoms with Crippen LogP contribution in [-0.4, -0.2) is 42.9 Å². The van der Waals surface area contributed by atoms with Crippen LogP contribution in [0.25, 0.3) is 0 Å². The van der Waals surface area contributed by atoms with Gasteiger partial charge in [-0.05, 0) is 19.8 Å². The van der Waals surface area contributed by atoms with Crippen LogP contribution in [0.1, 0.15) is 39.5 Å². The molecule has 0 aromatic carbocycles. The zero-order valence-electron chi connectivity index (χ0n) is 11.8. The SMILES string of the molecule is CCCC(C)(N)C(=O)NCCCC(=O)N(C)C.Cl. The fourth-order valence-electron chi connectivity index (χ4n) is 1.50. The molecule has 0 spiro atoms. The number of carbonyl (C=O) groups is 2. The van der Waals surface area contributed by atoms with Gasteiger partial charge in [0.05, 0.1) is 5.54 Å².